The summed E-state index contributed by atoms with van der Waals surface area (Å²) >= 11 is 0. The number of pyridine rings is 1. The molecule has 1 rings (SSSR count). The summed E-state index contributed by atoms with van der Waals surface area (Å²) in [7, 11) is 1.54. The normalized spacial score (nSPS) is 13.2. The number of carboxylic acid groups (broad SMARTS) is 1. The second-order valence-corrected chi connectivity index (χ2v) is 5.13. The molecule has 0 aliphatic carbocycles. The van der Waals surface area contributed by atoms with Crippen molar-refractivity contribution in [1.29, 1.82) is 0 Å². The molecule has 4 heteroatoms. The second-order valence-electron chi connectivity index (χ2n) is 5.13. The predicted octanol–water partition coefficient (Wildman–Crippen LogP) is 2.38. The van der Waals surface area contributed by atoms with Gasteiger partial charge in [0.15, 0.2) is 0 Å². The van der Waals surface area contributed by atoms with Gasteiger partial charge in [-0.3, -0.25) is 4.79 Å². The molecule has 94 valence electrons. The molecule has 0 saturated carbocycles. The Morgan fingerprint density at radius 3 is 2.65 bits per heavy atom. The average molecular weight is 237 g/mol. The fourth-order valence-corrected chi connectivity index (χ4v) is 1.75. The maximum absolute atomic E-state index is 11.3. The number of nitrogens with zero attached hydrogens (tertiary/aromatic N) is 1. The number of carboxylic acids is 1. The third-order valence-electron chi connectivity index (χ3n) is 2.81. The standard InChI is InChI=1S/C13H19NO3/c1-13(2,3)10(12(15)16)8-9-6-5-7-14-11(9)17-4/h5-7,10H,8H2,1-4H3,(H,15,16). The van der Waals surface area contributed by atoms with Crippen LogP contribution in [0.4, 0.5) is 0 Å². The maximum Gasteiger partial charge on any atom is 0.307 e. The van der Waals surface area contributed by atoms with E-state index in [1.54, 1.807) is 19.4 Å². The topological polar surface area (TPSA) is 59.4 Å². The van der Waals surface area contributed by atoms with Gasteiger partial charge in [0.05, 0.1) is 13.0 Å². The molecule has 0 aliphatic rings. The second kappa shape index (κ2) is 5.17. The molecule has 1 unspecified atom stereocenters. The summed E-state index contributed by atoms with van der Waals surface area (Å²) in [4.78, 5) is 15.4. The Labute approximate surface area is 102 Å². The first-order valence-corrected chi connectivity index (χ1v) is 5.57. The molecule has 1 N–H and O–H groups in total. The minimum absolute atomic E-state index is 0.299. The molecule has 0 radical (unpaired) electrons. The number of carbonyl (C=O) groups is 1. The van der Waals surface area contributed by atoms with Crippen LogP contribution in [0, 0.1) is 11.3 Å². The number of hydrogen-bond acceptors (Lipinski definition) is 3. The molecule has 0 spiro atoms. The van der Waals surface area contributed by atoms with Gasteiger partial charge >= 0.3 is 5.97 Å². The minimum Gasteiger partial charge on any atom is -0.481 e. The van der Waals surface area contributed by atoms with Gasteiger partial charge in [-0.1, -0.05) is 26.8 Å². The predicted molar refractivity (Wildman–Crippen MR) is 65.1 cm³/mol. The molecular weight excluding hydrogens is 218 g/mol. The largest absolute Gasteiger partial charge is 0.481 e. The summed E-state index contributed by atoms with van der Waals surface area (Å²) in [6.45, 7) is 5.78. The lowest BCUT2D eigenvalue weighted by atomic mass is 9.77. The molecular formula is C13H19NO3. The minimum atomic E-state index is -0.789. The highest BCUT2D eigenvalue weighted by molar-refractivity contribution is 5.71. The van der Waals surface area contributed by atoms with E-state index < -0.39 is 11.9 Å². The van der Waals surface area contributed by atoms with Crippen LogP contribution < -0.4 is 4.74 Å². The molecule has 1 aromatic rings. The smallest absolute Gasteiger partial charge is 0.307 e. The molecule has 0 aromatic carbocycles. The first kappa shape index (κ1) is 13.5. The number of hydrogen-bond donors (Lipinski definition) is 1. The van der Waals surface area contributed by atoms with E-state index >= 15 is 0 Å². The van der Waals surface area contributed by atoms with Gasteiger partial charge in [-0.2, -0.15) is 0 Å². The Bertz CT molecular complexity index is 396. The van der Waals surface area contributed by atoms with Crippen LogP contribution in [0.3, 0.4) is 0 Å². The van der Waals surface area contributed by atoms with E-state index in [2.05, 4.69) is 4.98 Å². The molecule has 1 heterocycles. The number of rotatable bonds is 4. The van der Waals surface area contributed by atoms with Crippen molar-refractivity contribution in [3.63, 3.8) is 0 Å². The Morgan fingerprint density at radius 2 is 2.18 bits per heavy atom. The van der Waals surface area contributed by atoms with Gasteiger partial charge in [0.25, 0.3) is 0 Å². The van der Waals surface area contributed by atoms with Gasteiger partial charge in [0, 0.05) is 11.8 Å². The molecule has 0 fully saturated rings. The van der Waals surface area contributed by atoms with Crippen molar-refractivity contribution in [1.82, 2.24) is 4.98 Å². The Balaban J connectivity index is 2.98. The zero-order valence-electron chi connectivity index (χ0n) is 10.7. The zero-order chi connectivity index (χ0) is 13.1. The summed E-state index contributed by atoms with van der Waals surface area (Å²) in [6, 6.07) is 3.65. The van der Waals surface area contributed by atoms with Crippen molar-refractivity contribution in [2.75, 3.05) is 7.11 Å². The quantitative estimate of drug-likeness (QED) is 0.873. The van der Waals surface area contributed by atoms with E-state index in [0.717, 1.165) is 5.56 Å². The molecule has 17 heavy (non-hydrogen) atoms. The van der Waals surface area contributed by atoms with E-state index in [0.29, 0.717) is 12.3 Å². The van der Waals surface area contributed by atoms with Crippen LogP contribution >= 0.6 is 0 Å². The van der Waals surface area contributed by atoms with Crippen molar-refractivity contribution in [2.45, 2.75) is 27.2 Å². The van der Waals surface area contributed by atoms with Crippen LogP contribution in [0.2, 0.25) is 0 Å². The van der Waals surface area contributed by atoms with Crippen LogP contribution in [0.5, 0.6) is 5.88 Å². The molecule has 1 aromatic heterocycles. The van der Waals surface area contributed by atoms with Crippen LogP contribution in [0.15, 0.2) is 18.3 Å². The van der Waals surface area contributed by atoms with E-state index in [1.165, 1.54) is 0 Å². The Kier molecular flexibility index (Phi) is 4.10. The lowest BCUT2D eigenvalue weighted by Crippen LogP contribution is -2.30. The maximum atomic E-state index is 11.3. The fourth-order valence-electron chi connectivity index (χ4n) is 1.75. The summed E-state index contributed by atoms with van der Waals surface area (Å²) in [5.41, 5.74) is 0.532. The van der Waals surface area contributed by atoms with Crippen molar-refractivity contribution in [3.05, 3.63) is 23.9 Å². The van der Waals surface area contributed by atoms with E-state index in [9.17, 15) is 9.90 Å². The lowest BCUT2D eigenvalue weighted by Gasteiger charge is -2.27. The van der Waals surface area contributed by atoms with E-state index in [1.807, 2.05) is 26.8 Å². The van der Waals surface area contributed by atoms with Crippen molar-refractivity contribution in [3.8, 4) is 5.88 Å². The molecule has 0 saturated heterocycles. The van der Waals surface area contributed by atoms with Crippen molar-refractivity contribution < 1.29 is 14.6 Å². The third-order valence-corrected chi connectivity index (χ3v) is 2.81. The van der Waals surface area contributed by atoms with Crippen LogP contribution in [0.25, 0.3) is 0 Å². The summed E-state index contributed by atoms with van der Waals surface area (Å²) in [5.74, 6) is -0.744. The summed E-state index contributed by atoms with van der Waals surface area (Å²) < 4.78 is 5.13. The number of aliphatic carboxylic acids is 1. The Hall–Kier alpha value is -1.58. The van der Waals surface area contributed by atoms with Crippen LogP contribution in [0.1, 0.15) is 26.3 Å². The molecule has 0 bridgehead atoms. The fraction of sp³-hybridized carbons (Fsp3) is 0.538. The van der Waals surface area contributed by atoms with Gasteiger partial charge in [0.1, 0.15) is 0 Å². The zero-order valence-corrected chi connectivity index (χ0v) is 10.7. The van der Waals surface area contributed by atoms with Gasteiger partial charge in [-0.15, -0.1) is 0 Å². The third kappa shape index (κ3) is 3.44. The van der Waals surface area contributed by atoms with Crippen LogP contribution in [-0.2, 0) is 11.2 Å². The van der Waals surface area contributed by atoms with Crippen molar-refractivity contribution in [2.24, 2.45) is 11.3 Å². The van der Waals surface area contributed by atoms with Crippen molar-refractivity contribution >= 4 is 5.97 Å². The first-order chi connectivity index (χ1) is 7.86. The van der Waals surface area contributed by atoms with Gasteiger partial charge in [-0.05, 0) is 17.9 Å². The highest BCUT2D eigenvalue weighted by Gasteiger charge is 2.32. The van der Waals surface area contributed by atoms with Gasteiger partial charge in [-0.25, -0.2) is 4.98 Å². The molecule has 0 amide bonds. The highest BCUT2D eigenvalue weighted by atomic mass is 16.5. The molecule has 1 atom stereocenters. The molecule has 0 aliphatic heterocycles. The van der Waals surface area contributed by atoms with Crippen LogP contribution in [-0.4, -0.2) is 23.2 Å². The van der Waals surface area contributed by atoms with Gasteiger partial charge in [0.2, 0.25) is 5.88 Å². The number of ether oxygens (including phenoxy) is 1. The van der Waals surface area contributed by atoms with Gasteiger partial charge < -0.3 is 9.84 Å². The Morgan fingerprint density at radius 1 is 1.53 bits per heavy atom. The summed E-state index contributed by atoms with van der Waals surface area (Å²) in [5, 5.41) is 9.27. The first-order valence-electron chi connectivity index (χ1n) is 5.57. The van der Waals surface area contributed by atoms with E-state index in [4.69, 9.17) is 4.74 Å². The SMILES string of the molecule is COc1ncccc1CC(C(=O)O)C(C)(C)C. The average Bonchev–Trinajstić information content (AvgIpc) is 2.24. The number of methoxy groups -OCH3 is 1. The lowest BCUT2D eigenvalue weighted by molar-refractivity contribution is -0.145. The summed E-state index contributed by atoms with van der Waals surface area (Å²) in [6.07, 6.45) is 2.06. The number of aromatic nitrogens is 1. The molecule has 4 nitrogen and oxygen atoms in total. The highest BCUT2D eigenvalue weighted by Crippen LogP contribution is 2.31. The van der Waals surface area contributed by atoms with E-state index in [-0.39, 0.29) is 5.41 Å². The monoisotopic (exact) mass is 237 g/mol.